The van der Waals surface area contributed by atoms with Crippen molar-refractivity contribution in [2.45, 2.75) is 6.61 Å². The molecule has 0 bridgehead atoms. The van der Waals surface area contributed by atoms with Crippen molar-refractivity contribution in [2.75, 3.05) is 21.3 Å². The molecule has 0 saturated heterocycles. The highest BCUT2D eigenvalue weighted by Gasteiger charge is 2.17. The van der Waals surface area contributed by atoms with E-state index in [-0.39, 0.29) is 6.61 Å². The predicted octanol–water partition coefficient (Wildman–Crippen LogP) is 2.57. The number of carbonyl (C=O) groups excluding carboxylic acids is 1. The highest BCUT2D eigenvalue weighted by Crippen LogP contribution is 2.38. The number of rotatable bonds is 7. The molecule has 1 N–H and O–H groups in total. The summed E-state index contributed by atoms with van der Waals surface area (Å²) < 4.78 is 15.7. The first kappa shape index (κ1) is 16.6. The molecule has 0 heterocycles. The second kappa shape index (κ2) is 8.05. The predicted molar refractivity (Wildman–Crippen MR) is 84.8 cm³/mol. The zero-order valence-corrected chi connectivity index (χ0v) is 13.3. The van der Waals surface area contributed by atoms with Crippen LogP contribution in [0.1, 0.15) is 15.9 Å². The van der Waals surface area contributed by atoms with Crippen LogP contribution in [-0.2, 0) is 11.4 Å². The molecular formula is C17H19NO5. The van der Waals surface area contributed by atoms with E-state index in [4.69, 9.17) is 19.0 Å². The first-order chi connectivity index (χ1) is 11.2. The second-order valence-electron chi connectivity index (χ2n) is 4.62. The molecule has 0 saturated carbocycles. The van der Waals surface area contributed by atoms with Crippen molar-refractivity contribution >= 4 is 5.91 Å². The van der Waals surface area contributed by atoms with Gasteiger partial charge in [0.05, 0.1) is 27.9 Å². The molecule has 2 rings (SSSR count). The maximum atomic E-state index is 12.2. The Morgan fingerprint density at radius 3 is 2.09 bits per heavy atom. The molecule has 1 amide bonds. The number of hydroxylamine groups is 1. The van der Waals surface area contributed by atoms with Crippen LogP contribution in [0.5, 0.6) is 17.2 Å². The lowest BCUT2D eigenvalue weighted by Gasteiger charge is -2.14. The van der Waals surface area contributed by atoms with Crippen molar-refractivity contribution in [1.29, 1.82) is 0 Å². The Kier molecular flexibility index (Phi) is 5.82. The number of nitrogens with one attached hydrogen (secondary N) is 1. The van der Waals surface area contributed by atoms with E-state index >= 15 is 0 Å². The lowest BCUT2D eigenvalue weighted by atomic mass is 10.1. The van der Waals surface area contributed by atoms with Crippen LogP contribution >= 0.6 is 0 Å². The average Bonchev–Trinajstić information content (AvgIpc) is 2.61. The molecule has 0 aliphatic rings. The molecule has 2 aromatic carbocycles. The van der Waals surface area contributed by atoms with Gasteiger partial charge in [-0.25, -0.2) is 5.48 Å². The van der Waals surface area contributed by atoms with Gasteiger partial charge in [-0.2, -0.15) is 0 Å². The summed E-state index contributed by atoms with van der Waals surface area (Å²) in [6.45, 7) is 0.275. The van der Waals surface area contributed by atoms with Gasteiger partial charge in [0.1, 0.15) is 0 Å². The standard InChI is InChI=1S/C17H19NO5/c1-20-14-9-13(10-15(21-2)16(14)22-3)17(19)18-23-11-12-7-5-4-6-8-12/h4-10H,11H2,1-3H3,(H,18,19). The third kappa shape index (κ3) is 4.14. The van der Waals surface area contributed by atoms with E-state index in [2.05, 4.69) is 5.48 Å². The minimum absolute atomic E-state index is 0.275. The zero-order valence-electron chi connectivity index (χ0n) is 13.3. The molecule has 0 atom stereocenters. The van der Waals surface area contributed by atoms with E-state index in [0.717, 1.165) is 5.56 Å². The average molecular weight is 317 g/mol. The Hall–Kier alpha value is -2.73. The lowest BCUT2D eigenvalue weighted by molar-refractivity contribution is 0.0233. The molecule has 0 unspecified atom stereocenters. The highest BCUT2D eigenvalue weighted by atomic mass is 16.6. The number of methoxy groups -OCH3 is 3. The highest BCUT2D eigenvalue weighted by molar-refractivity contribution is 5.95. The van der Waals surface area contributed by atoms with Crippen LogP contribution in [0.4, 0.5) is 0 Å². The molecule has 0 radical (unpaired) electrons. The van der Waals surface area contributed by atoms with Gasteiger partial charge < -0.3 is 14.2 Å². The minimum atomic E-state index is -0.403. The maximum absolute atomic E-state index is 12.2. The molecule has 0 aliphatic heterocycles. The Morgan fingerprint density at radius 2 is 1.57 bits per heavy atom. The van der Waals surface area contributed by atoms with E-state index < -0.39 is 5.91 Å². The van der Waals surface area contributed by atoms with E-state index in [1.807, 2.05) is 30.3 Å². The van der Waals surface area contributed by atoms with Crippen LogP contribution in [0.2, 0.25) is 0 Å². The fourth-order valence-electron chi connectivity index (χ4n) is 2.03. The fourth-order valence-corrected chi connectivity index (χ4v) is 2.03. The number of carbonyl (C=O) groups is 1. The summed E-state index contributed by atoms with van der Waals surface area (Å²) >= 11 is 0. The number of benzene rings is 2. The van der Waals surface area contributed by atoms with Crippen LogP contribution in [0, 0.1) is 0 Å². The molecule has 0 fully saturated rings. The van der Waals surface area contributed by atoms with Gasteiger partial charge in [-0.15, -0.1) is 0 Å². The lowest BCUT2D eigenvalue weighted by Crippen LogP contribution is -2.23. The Balaban J connectivity index is 2.07. The van der Waals surface area contributed by atoms with Crippen molar-refractivity contribution in [1.82, 2.24) is 5.48 Å². The Labute approximate surface area is 134 Å². The van der Waals surface area contributed by atoms with Gasteiger partial charge in [0.2, 0.25) is 5.75 Å². The number of ether oxygens (including phenoxy) is 3. The number of hydrogen-bond donors (Lipinski definition) is 1. The van der Waals surface area contributed by atoms with Gasteiger partial charge in [-0.3, -0.25) is 9.63 Å². The van der Waals surface area contributed by atoms with Gasteiger partial charge in [0, 0.05) is 5.56 Å². The molecule has 0 aliphatic carbocycles. The van der Waals surface area contributed by atoms with Crippen molar-refractivity contribution in [3.05, 3.63) is 53.6 Å². The topological polar surface area (TPSA) is 66.0 Å². The minimum Gasteiger partial charge on any atom is -0.493 e. The van der Waals surface area contributed by atoms with Gasteiger partial charge in [0.15, 0.2) is 11.5 Å². The monoisotopic (exact) mass is 317 g/mol. The van der Waals surface area contributed by atoms with Crippen LogP contribution in [0.15, 0.2) is 42.5 Å². The van der Waals surface area contributed by atoms with Crippen LogP contribution < -0.4 is 19.7 Å². The summed E-state index contributed by atoms with van der Waals surface area (Å²) in [6, 6.07) is 12.7. The van der Waals surface area contributed by atoms with Gasteiger partial charge in [-0.1, -0.05) is 30.3 Å². The van der Waals surface area contributed by atoms with E-state index in [9.17, 15) is 4.79 Å². The van der Waals surface area contributed by atoms with Gasteiger partial charge >= 0.3 is 0 Å². The third-order valence-corrected chi connectivity index (χ3v) is 3.17. The van der Waals surface area contributed by atoms with Crippen molar-refractivity contribution in [3.63, 3.8) is 0 Å². The van der Waals surface area contributed by atoms with E-state index in [0.29, 0.717) is 22.8 Å². The van der Waals surface area contributed by atoms with Crippen LogP contribution in [-0.4, -0.2) is 27.2 Å². The summed E-state index contributed by atoms with van der Waals surface area (Å²) in [7, 11) is 4.48. The second-order valence-corrected chi connectivity index (χ2v) is 4.62. The smallest absolute Gasteiger partial charge is 0.275 e. The normalized spacial score (nSPS) is 10.0. The van der Waals surface area contributed by atoms with Crippen LogP contribution in [0.3, 0.4) is 0 Å². The number of hydrogen-bond acceptors (Lipinski definition) is 5. The molecule has 6 nitrogen and oxygen atoms in total. The van der Waals surface area contributed by atoms with Crippen molar-refractivity contribution < 1.29 is 23.8 Å². The maximum Gasteiger partial charge on any atom is 0.275 e. The fraction of sp³-hybridized carbons (Fsp3) is 0.235. The summed E-state index contributed by atoms with van der Waals surface area (Å²) in [5.41, 5.74) is 3.69. The summed E-state index contributed by atoms with van der Waals surface area (Å²) in [5.74, 6) is 0.831. The molecule has 122 valence electrons. The number of amides is 1. The van der Waals surface area contributed by atoms with E-state index in [1.165, 1.54) is 21.3 Å². The molecule has 0 spiro atoms. The SMILES string of the molecule is COc1cc(C(=O)NOCc2ccccc2)cc(OC)c1OC. The molecule has 2 aromatic rings. The largest absolute Gasteiger partial charge is 0.493 e. The third-order valence-electron chi connectivity index (χ3n) is 3.17. The van der Waals surface area contributed by atoms with Crippen LogP contribution in [0.25, 0.3) is 0 Å². The summed E-state index contributed by atoms with van der Waals surface area (Å²) in [4.78, 5) is 17.4. The molecule has 23 heavy (non-hydrogen) atoms. The Morgan fingerprint density at radius 1 is 0.957 bits per heavy atom. The summed E-state index contributed by atoms with van der Waals surface area (Å²) in [6.07, 6.45) is 0. The van der Waals surface area contributed by atoms with E-state index in [1.54, 1.807) is 12.1 Å². The quantitative estimate of drug-likeness (QED) is 0.795. The molecular weight excluding hydrogens is 298 g/mol. The summed E-state index contributed by atoms with van der Waals surface area (Å²) in [5, 5.41) is 0. The first-order valence-corrected chi connectivity index (χ1v) is 6.95. The molecule has 0 aromatic heterocycles. The Bertz CT molecular complexity index is 632. The van der Waals surface area contributed by atoms with Gasteiger partial charge in [-0.05, 0) is 17.7 Å². The molecule has 6 heteroatoms. The van der Waals surface area contributed by atoms with Gasteiger partial charge in [0.25, 0.3) is 5.91 Å². The first-order valence-electron chi connectivity index (χ1n) is 6.95. The zero-order chi connectivity index (χ0) is 16.7. The van der Waals surface area contributed by atoms with Crippen molar-refractivity contribution in [2.24, 2.45) is 0 Å². The van der Waals surface area contributed by atoms with Crippen molar-refractivity contribution in [3.8, 4) is 17.2 Å².